The molecule has 1 fully saturated rings. The van der Waals surface area contributed by atoms with Crippen molar-refractivity contribution in [2.45, 2.75) is 30.6 Å². The molecule has 3 N–H and O–H groups in total. The molecule has 2 unspecified atom stereocenters. The van der Waals surface area contributed by atoms with Crippen molar-refractivity contribution in [3.63, 3.8) is 0 Å². The van der Waals surface area contributed by atoms with Gasteiger partial charge in [-0.1, -0.05) is 6.42 Å². The lowest BCUT2D eigenvalue weighted by molar-refractivity contribution is 0.0601. The molecule has 2 rings (SSSR count). The second-order valence-electron chi connectivity index (χ2n) is 4.75. The predicted octanol–water partition coefficient (Wildman–Crippen LogP) is 2.75. The largest absolute Gasteiger partial charge is 0.465 e. The Labute approximate surface area is 118 Å². The molecule has 5 heteroatoms. The number of nitrogen functional groups attached to an aromatic ring is 1. The number of nitrogens with two attached hydrogens (primary N) is 1. The molecule has 1 saturated carbocycles. The molecule has 19 heavy (non-hydrogen) atoms. The smallest absolute Gasteiger partial charge is 0.337 e. The Morgan fingerprint density at radius 1 is 1.47 bits per heavy atom. The molecule has 0 spiro atoms. The average Bonchev–Trinajstić information content (AvgIpc) is 2.87. The van der Waals surface area contributed by atoms with Crippen LogP contribution in [0.3, 0.4) is 0 Å². The number of esters is 1. The summed E-state index contributed by atoms with van der Waals surface area (Å²) in [5, 5.41) is 4.13. The van der Waals surface area contributed by atoms with E-state index in [-0.39, 0.29) is 5.97 Å². The van der Waals surface area contributed by atoms with Crippen molar-refractivity contribution in [1.82, 2.24) is 0 Å². The monoisotopic (exact) mass is 280 g/mol. The molecule has 1 aromatic carbocycles. The van der Waals surface area contributed by atoms with Crippen molar-refractivity contribution in [2.75, 3.05) is 24.4 Å². The van der Waals surface area contributed by atoms with Gasteiger partial charge in [0.25, 0.3) is 0 Å². The standard InChI is InChI=1S/C14H20N2O2S/c1-18-14(17)9-6-7-11(10(15)8-9)16-12-4-3-5-13(12)19-2/h6-8,12-13,16H,3-5,15H2,1-2H3. The number of nitrogens with one attached hydrogen (secondary N) is 1. The van der Waals surface area contributed by atoms with Gasteiger partial charge in [-0.3, -0.25) is 0 Å². The number of ether oxygens (including phenoxy) is 1. The third-order valence-corrected chi connectivity index (χ3v) is 4.74. The number of carbonyl (C=O) groups is 1. The number of benzene rings is 1. The van der Waals surface area contributed by atoms with Crippen LogP contribution in [0.4, 0.5) is 11.4 Å². The number of rotatable bonds is 4. The number of anilines is 2. The molecule has 0 radical (unpaired) electrons. The van der Waals surface area contributed by atoms with Crippen LogP contribution in [0.2, 0.25) is 0 Å². The molecule has 1 aliphatic carbocycles. The number of carbonyl (C=O) groups excluding carboxylic acids is 1. The van der Waals surface area contributed by atoms with E-state index in [0.717, 1.165) is 5.69 Å². The Balaban J connectivity index is 2.11. The molecule has 2 atom stereocenters. The van der Waals surface area contributed by atoms with Gasteiger partial charge in [0.15, 0.2) is 0 Å². The number of hydrogen-bond acceptors (Lipinski definition) is 5. The molecular formula is C14H20N2O2S. The maximum atomic E-state index is 11.4. The summed E-state index contributed by atoms with van der Waals surface area (Å²) >= 11 is 1.90. The van der Waals surface area contributed by atoms with E-state index in [9.17, 15) is 4.79 Å². The first-order valence-electron chi connectivity index (χ1n) is 6.43. The summed E-state index contributed by atoms with van der Waals surface area (Å²) in [4.78, 5) is 11.4. The van der Waals surface area contributed by atoms with Crippen molar-refractivity contribution >= 4 is 29.1 Å². The van der Waals surface area contributed by atoms with Crippen LogP contribution in [0.1, 0.15) is 29.6 Å². The molecule has 0 heterocycles. The third kappa shape index (κ3) is 3.15. The molecule has 0 aliphatic heterocycles. The molecule has 0 amide bonds. The fourth-order valence-electron chi connectivity index (χ4n) is 2.51. The summed E-state index contributed by atoms with van der Waals surface area (Å²) in [5.74, 6) is -0.360. The third-order valence-electron chi connectivity index (χ3n) is 3.57. The zero-order valence-electron chi connectivity index (χ0n) is 11.3. The first-order valence-corrected chi connectivity index (χ1v) is 7.71. The molecule has 4 nitrogen and oxygen atoms in total. The summed E-state index contributed by atoms with van der Waals surface area (Å²) in [6, 6.07) is 5.73. The van der Waals surface area contributed by atoms with Gasteiger partial charge >= 0.3 is 5.97 Å². The van der Waals surface area contributed by atoms with Crippen molar-refractivity contribution < 1.29 is 9.53 Å². The first-order chi connectivity index (χ1) is 9.15. The minimum atomic E-state index is -0.360. The summed E-state index contributed by atoms with van der Waals surface area (Å²) in [6.45, 7) is 0. The molecule has 0 saturated heterocycles. The second-order valence-corrected chi connectivity index (χ2v) is 5.83. The normalized spacial score (nSPS) is 22.2. The molecule has 104 valence electrons. The highest BCUT2D eigenvalue weighted by Gasteiger charge is 2.26. The van der Waals surface area contributed by atoms with Gasteiger partial charge in [-0.25, -0.2) is 4.79 Å². The summed E-state index contributed by atoms with van der Waals surface area (Å²) in [5.41, 5.74) is 7.98. The van der Waals surface area contributed by atoms with Gasteiger partial charge in [-0.15, -0.1) is 0 Å². The quantitative estimate of drug-likeness (QED) is 0.656. The molecular weight excluding hydrogens is 260 g/mol. The van der Waals surface area contributed by atoms with Gasteiger partial charge in [0.1, 0.15) is 0 Å². The zero-order chi connectivity index (χ0) is 13.8. The Kier molecular flexibility index (Phi) is 4.58. The minimum absolute atomic E-state index is 0.360. The Hall–Kier alpha value is -1.36. The molecule has 1 aromatic rings. The Bertz CT molecular complexity index is 465. The highest BCUT2D eigenvalue weighted by atomic mass is 32.2. The van der Waals surface area contributed by atoms with Crippen LogP contribution in [0.25, 0.3) is 0 Å². The summed E-state index contributed by atoms with van der Waals surface area (Å²) in [7, 11) is 1.37. The van der Waals surface area contributed by atoms with Gasteiger partial charge in [-0.2, -0.15) is 11.8 Å². The maximum Gasteiger partial charge on any atom is 0.337 e. The predicted molar refractivity (Wildman–Crippen MR) is 80.8 cm³/mol. The fourth-order valence-corrected chi connectivity index (χ4v) is 3.45. The van der Waals surface area contributed by atoms with Gasteiger partial charge in [-0.05, 0) is 37.3 Å². The van der Waals surface area contributed by atoms with E-state index >= 15 is 0 Å². The fraction of sp³-hybridized carbons (Fsp3) is 0.500. The highest BCUT2D eigenvalue weighted by molar-refractivity contribution is 7.99. The average molecular weight is 280 g/mol. The topological polar surface area (TPSA) is 64.3 Å². The molecule has 1 aliphatic rings. The van der Waals surface area contributed by atoms with Gasteiger partial charge in [0.2, 0.25) is 0 Å². The number of thioether (sulfide) groups is 1. The van der Waals surface area contributed by atoms with E-state index in [1.165, 1.54) is 26.4 Å². The lowest BCUT2D eigenvalue weighted by atomic mass is 10.1. The van der Waals surface area contributed by atoms with E-state index in [4.69, 9.17) is 5.73 Å². The SMILES string of the molecule is COC(=O)c1ccc(NC2CCCC2SC)c(N)c1. The summed E-state index contributed by atoms with van der Waals surface area (Å²) < 4.78 is 4.68. The molecule has 0 bridgehead atoms. The van der Waals surface area contributed by atoms with Gasteiger partial charge in [0, 0.05) is 11.3 Å². The second kappa shape index (κ2) is 6.19. The van der Waals surface area contributed by atoms with Crippen LogP contribution in [0.15, 0.2) is 18.2 Å². The van der Waals surface area contributed by atoms with Crippen LogP contribution in [-0.2, 0) is 4.74 Å². The number of hydrogen-bond donors (Lipinski definition) is 2. The first kappa shape index (κ1) is 14.1. The van der Waals surface area contributed by atoms with E-state index in [0.29, 0.717) is 22.5 Å². The van der Waals surface area contributed by atoms with Crippen molar-refractivity contribution in [2.24, 2.45) is 0 Å². The van der Waals surface area contributed by atoms with Crippen LogP contribution in [-0.4, -0.2) is 30.6 Å². The Morgan fingerprint density at radius 2 is 2.26 bits per heavy atom. The number of methoxy groups -OCH3 is 1. The Morgan fingerprint density at radius 3 is 2.89 bits per heavy atom. The van der Waals surface area contributed by atoms with E-state index in [1.54, 1.807) is 12.1 Å². The lowest BCUT2D eigenvalue weighted by Crippen LogP contribution is -2.26. The van der Waals surface area contributed by atoms with Gasteiger partial charge < -0.3 is 15.8 Å². The van der Waals surface area contributed by atoms with Crippen LogP contribution < -0.4 is 11.1 Å². The van der Waals surface area contributed by atoms with Crippen molar-refractivity contribution in [3.05, 3.63) is 23.8 Å². The van der Waals surface area contributed by atoms with E-state index in [1.807, 2.05) is 17.8 Å². The van der Waals surface area contributed by atoms with Crippen LogP contribution in [0.5, 0.6) is 0 Å². The molecule has 0 aromatic heterocycles. The highest BCUT2D eigenvalue weighted by Crippen LogP contribution is 2.32. The van der Waals surface area contributed by atoms with Crippen molar-refractivity contribution in [1.29, 1.82) is 0 Å². The van der Waals surface area contributed by atoms with E-state index in [2.05, 4.69) is 16.3 Å². The van der Waals surface area contributed by atoms with Gasteiger partial charge in [0.05, 0.1) is 24.0 Å². The van der Waals surface area contributed by atoms with Crippen molar-refractivity contribution in [3.8, 4) is 0 Å². The summed E-state index contributed by atoms with van der Waals surface area (Å²) in [6.07, 6.45) is 5.82. The van der Waals surface area contributed by atoms with Crippen LogP contribution >= 0.6 is 11.8 Å². The van der Waals surface area contributed by atoms with Crippen LogP contribution in [0, 0.1) is 0 Å². The maximum absolute atomic E-state index is 11.4. The minimum Gasteiger partial charge on any atom is -0.465 e. The lowest BCUT2D eigenvalue weighted by Gasteiger charge is -2.21. The van der Waals surface area contributed by atoms with E-state index < -0.39 is 0 Å². The zero-order valence-corrected chi connectivity index (χ0v) is 12.1.